The van der Waals surface area contributed by atoms with Crippen LogP contribution in [0.5, 0.6) is 5.75 Å². The van der Waals surface area contributed by atoms with E-state index in [4.69, 9.17) is 4.74 Å². The van der Waals surface area contributed by atoms with Crippen molar-refractivity contribution in [3.63, 3.8) is 0 Å². The van der Waals surface area contributed by atoms with E-state index in [1.165, 1.54) is 23.6 Å². The number of ether oxygens (including phenoxy) is 1. The summed E-state index contributed by atoms with van der Waals surface area (Å²) in [6.07, 6.45) is 1.39. The number of carbonyl (C=O) groups excluding carboxylic acids is 1. The molecule has 3 rings (SSSR count). The van der Waals surface area contributed by atoms with Crippen LogP contribution in [0.25, 0.3) is 10.6 Å². The molecule has 0 fully saturated rings. The van der Waals surface area contributed by atoms with E-state index < -0.39 is 0 Å². The minimum Gasteiger partial charge on any atom is -0.496 e. The number of carbonyl (C=O) groups is 1. The van der Waals surface area contributed by atoms with Crippen molar-refractivity contribution in [1.29, 1.82) is 0 Å². The van der Waals surface area contributed by atoms with Gasteiger partial charge in [0.1, 0.15) is 5.75 Å². The van der Waals surface area contributed by atoms with E-state index in [2.05, 4.69) is 25.5 Å². The highest BCUT2D eigenvalue weighted by atomic mass is 32.2. The maximum absolute atomic E-state index is 12.0. The van der Waals surface area contributed by atoms with Crippen molar-refractivity contribution in [3.05, 3.63) is 46.9 Å². The number of hydrogen-bond donors (Lipinski definition) is 2. The van der Waals surface area contributed by atoms with Gasteiger partial charge in [0.25, 0.3) is 5.56 Å². The molecule has 2 N–H and O–H groups in total. The number of benzene rings is 1. The third kappa shape index (κ3) is 4.43. The van der Waals surface area contributed by atoms with E-state index in [1.807, 2.05) is 24.3 Å². The molecule has 0 atom stereocenters. The van der Waals surface area contributed by atoms with Crippen LogP contribution in [0.4, 0.5) is 5.13 Å². The Kier molecular flexibility index (Phi) is 5.41. The Morgan fingerprint density at radius 1 is 1.32 bits per heavy atom. The zero-order valence-corrected chi connectivity index (χ0v) is 14.7. The number of aromatic nitrogens is 4. The molecule has 0 unspecified atom stereocenters. The molecule has 0 radical (unpaired) electrons. The summed E-state index contributed by atoms with van der Waals surface area (Å²) in [5, 5.41) is 12.2. The Hall–Kier alpha value is -2.72. The summed E-state index contributed by atoms with van der Waals surface area (Å²) >= 11 is 2.38. The molecule has 0 spiro atoms. The molecule has 1 aromatic carbocycles. The van der Waals surface area contributed by atoms with E-state index in [-0.39, 0.29) is 17.2 Å². The van der Waals surface area contributed by atoms with Gasteiger partial charge < -0.3 is 9.72 Å². The lowest BCUT2D eigenvalue weighted by atomic mass is 10.2. The zero-order valence-electron chi connectivity index (χ0n) is 13.1. The van der Waals surface area contributed by atoms with Crippen LogP contribution >= 0.6 is 23.1 Å². The first-order valence-electron chi connectivity index (χ1n) is 7.10. The van der Waals surface area contributed by atoms with Gasteiger partial charge >= 0.3 is 0 Å². The molecule has 0 aliphatic rings. The minimum absolute atomic E-state index is 0.0938. The average molecular weight is 375 g/mol. The molecule has 0 saturated heterocycles. The van der Waals surface area contributed by atoms with Gasteiger partial charge in [-0.05, 0) is 12.1 Å². The molecule has 0 aliphatic heterocycles. The largest absolute Gasteiger partial charge is 0.496 e. The Labute approximate surface area is 150 Å². The van der Waals surface area contributed by atoms with Crippen LogP contribution < -0.4 is 15.6 Å². The van der Waals surface area contributed by atoms with Gasteiger partial charge in [-0.15, -0.1) is 10.2 Å². The van der Waals surface area contributed by atoms with Crippen molar-refractivity contribution in [2.24, 2.45) is 0 Å². The second-order valence-electron chi connectivity index (χ2n) is 4.69. The van der Waals surface area contributed by atoms with Crippen LogP contribution in [-0.4, -0.2) is 38.9 Å². The number of nitrogens with zero attached hydrogens (tertiary/aromatic N) is 3. The first-order chi connectivity index (χ1) is 12.2. The summed E-state index contributed by atoms with van der Waals surface area (Å²) in [6.45, 7) is 0. The number of methoxy groups -OCH3 is 1. The van der Waals surface area contributed by atoms with Gasteiger partial charge in [0.2, 0.25) is 11.0 Å². The third-order valence-electron chi connectivity index (χ3n) is 3.00. The van der Waals surface area contributed by atoms with Gasteiger partial charge in [0.05, 0.1) is 18.4 Å². The predicted octanol–water partition coefficient (Wildman–Crippen LogP) is 2.03. The maximum Gasteiger partial charge on any atom is 0.251 e. The number of nitrogens with one attached hydrogen (secondary N) is 2. The molecular formula is C15H13N5O3S2. The van der Waals surface area contributed by atoms with Crippen molar-refractivity contribution in [1.82, 2.24) is 20.2 Å². The van der Waals surface area contributed by atoms with Crippen LogP contribution in [0.1, 0.15) is 0 Å². The lowest BCUT2D eigenvalue weighted by Gasteiger charge is -2.03. The van der Waals surface area contributed by atoms with E-state index in [0.29, 0.717) is 21.0 Å². The smallest absolute Gasteiger partial charge is 0.251 e. The van der Waals surface area contributed by atoms with Crippen LogP contribution in [0, 0.1) is 0 Å². The van der Waals surface area contributed by atoms with Gasteiger partial charge in [-0.3, -0.25) is 14.9 Å². The fraction of sp³-hybridized carbons (Fsp3) is 0.133. The number of thioether (sulfide) groups is 1. The number of hydrogen-bond acceptors (Lipinski definition) is 8. The van der Waals surface area contributed by atoms with E-state index >= 15 is 0 Å². The third-order valence-corrected chi connectivity index (χ3v) is 4.76. The first kappa shape index (κ1) is 17.1. The molecule has 0 saturated carbocycles. The van der Waals surface area contributed by atoms with Crippen LogP contribution in [0.2, 0.25) is 0 Å². The minimum atomic E-state index is -0.265. The fourth-order valence-electron chi connectivity index (χ4n) is 1.92. The second-order valence-corrected chi connectivity index (χ2v) is 6.63. The van der Waals surface area contributed by atoms with Crippen LogP contribution in [0.3, 0.4) is 0 Å². The molecule has 3 aromatic rings. The van der Waals surface area contributed by atoms with Gasteiger partial charge in [-0.2, -0.15) is 0 Å². The molecule has 2 heterocycles. The number of para-hydroxylation sites is 1. The average Bonchev–Trinajstić information content (AvgIpc) is 3.08. The Bertz CT molecular complexity index is 940. The van der Waals surface area contributed by atoms with Crippen molar-refractivity contribution < 1.29 is 9.53 Å². The second kappa shape index (κ2) is 7.90. The monoisotopic (exact) mass is 375 g/mol. The topological polar surface area (TPSA) is 110 Å². The number of H-pyrrole nitrogens is 1. The zero-order chi connectivity index (χ0) is 17.6. The van der Waals surface area contributed by atoms with E-state index in [0.717, 1.165) is 17.3 Å². The Morgan fingerprint density at radius 2 is 2.16 bits per heavy atom. The molecule has 2 aromatic heterocycles. The quantitative estimate of drug-likeness (QED) is 0.501. The number of aromatic amines is 1. The Morgan fingerprint density at radius 3 is 2.96 bits per heavy atom. The van der Waals surface area contributed by atoms with Crippen molar-refractivity contribution in [3.8, 4) is 16.3 Å². The molecule has 10 heteroatoms. The number of anilines is 1. The van der Waals surface area contributed by atoms with Gasteiger partial charge in [-0.1, -0.05) is 35.2 Å². The van der Waals surface area contributed by atoms with Gasteiger partial charge in [0, 0.05) is 12.3 Å². The normalized spacial score (nSPS) is 10.4. The van der Waals surface area contributed by atoms with E-state index in [9.17, 15) is 9.59 Å². The lowest BCUT2D eigenvalue weighted by molar-refractivity contribution is -0.113. The molecule has 128 valence electrons. The standard InChI is InChI=1S/C15H13N5O3S2/c1-23-10-5-3-2-4-9(10)13-19-20-15(25-13)18-12(22)8-24-14-16-7-6-11(21)17-14/h2-7H,8H2,1H3,(H,16,17,21)(H,18,20,22). The molecule has 1 amide bonds. The summed E-state index contributed by atoms with van der Waals surface area (Å²) in [5.41, 5.74) is 0.548. The SMILES string of the molecule is COc1ccccc1-c1nnc(NC(=O)CSc2nccc(=O)[nH]2)s1. The van der Waals surface area contributed by atoms with Gasteiger partial charge in [0.15, 0.2) is 10.2 Å². The first-order valence-corrected chi connectivity index (χ1v) is 8.91. The Balaban J connectivity index is 1.63. The number of rotatable bonds is 6. The summed E-state index contributed by atoms with van der Waals surface area (Å²) < 4.78 is 5.30. The fourth-order valence-corrected chi connectivity index (χ4v) is 3.36. The molecule has 0 bridgehead atoms. The summed E-state index contributed by atoms with van der Waals surface area (Å²) in [7, 11) is 1.59. The molecule has 0 aliphatic carbocycles. The highest BCUT2D eigenvalue weighted by molar-refractivity contribution is 7.99. The summed E-state index contributed by atoms with van der Waals surface area (Å²) in [6, 6.07) is 8.76. The summed E-state index contributed by atoms with van der Waals surface area (Å²) in [5.74, 6) is 0.515. The van der Waals surface area contributed by atoms with Crippen molar-refractivity contribution >= 4 is 34.1 Å². The molecule has 25 heavy (non-hydrogen) atoms. The van der Waals surface area contributed by atoms with E-state index in [1.54, 1.807) is 7.11 Å². The van der Waals surface area contributed by atoms with Gasteiger partial charge in [-0.25, -0.2) is 4.98 Å². The lowest BCUT2D eigenvalue weighted by Crippen LogP contribution is -2.15. The number of amides is 1. The van der Waals surface area contributed by atoms with Crippen LogP contribution in [0.15, 0.2) is 46.5 Å². The van der Waals surface area contributed by atoms with Crippen LogP contribution in [-0.2, 0) is 4.79 Å². The summed E-state index contributed by atoms with van der Waals surface area (Å²) in [4.78, 5) is 29.7. The highest BCUT2D eigenvalue weighted by Gasteiger charge is 2.13. The maximum atomic E-state index is 12.0. The highest BCUT2D eigenvalue weighted by Crippen LogP contribution is 2.33. The molecular weight excluding hydrogens is 362 g/mol. The predicted molar refractivity (Wildman–Crippen MR) is 96.1 cm³/mol. The van der Waals surface area contributed by atoms with Crippen molar-refractivity contribution in [2.75, 3.05) is 18.2 Å². The molecule has 8 nitrogen and oxygen atoms in total. The van der Waals surface area contributed by atoms with Crippen molar-refractivity contribution in [2.45, 2.75) is 5.16 Å².